The van der Waals surface area contributed by atoms with E-state index in [0.29, 0.717) is 17.0 Å². The fraction of sp³-hybridized carbons (Fsp3) is 0.412. The zero-order valence-corrected chi connectivity index (χ0v) is 13.2. The molecule has 0 aliphatic heterocycles. The van der Waals surface area contributed by atoms with Gasteiger partial charge < -0.3 is 9.84 Å². The summed E-state index contributed by atoms with van der Waals surface area (Å²) in [4.78, 5) is 12.6. The second-order valence-corrected chi connectivity index (χ2v) is 6.39. The maximum Gasteiger partial charge on any atom is 0.257 e. The van der Waals surface area contributed by atoms with Crippen LogP contribution >= 0.6 is 0 Å². The fourth-order valence-electron chi connectivity index (χ4n) is 1.92. The molecule has 4 nitrogen and oxygen atoms in total. The van der Waals surface area contributed by atoms with Gasteiger partial charge in [-0.25, -0.2) is 0 Å². The summed E-state index contributed by atoms with van der Waals surface area (Å²) in [7, 11) is 0. The zero-order chi connectivity index (χ0) is 15.6. The van der Waals surface area contributed by atoms with Crippen LogP contribution in [-0.2, 0) is 0 Å². The predicted molar refractivity (Wildman–Crippen MR) is 83.1 cm³/mol. The minimum absolute atomic E-state index is 0.00631. The van der Waals surface area contributed by atoms with Crippen molar-refractivity contribution in [2.24, 2.45) is 5.41 Å². The molecule has 0 aliphatic rings. The van der Waals surface area contributed by atoms with Crippen LogP contribution in [0.5, 0.6) is 0 Å². The zero-order valence-electron chi connectivity index (χ0n) is 13.2. The highest BCUT2D eigenvalue weighted by Gasteiger charge is 2.26. The molecule has 0 aliphatic carbocycles. The van der Waals surface area contributed by atoms with E-state index < -0.39 is 0 Å². The van der Waals surface area contributed by atoms with Crippen molar-refractivity contribution in [3.8, 4) is 11.3 Å². The van der Waals surface area contributed by atoms with Gasteiger partial charge in [0.2, 0.25) is 0 Å². The van der Waals surface area contributed by atoms with Gasteiger partial charge in [0.1, 0.15) is 17.0 Å². The monoisotopic (exact) mass is 286 g/mol. The smallest absolute Gasteiger partial charge is 0.257 e. The van der Waals surface area contributed by atoms with Crippen LogP contribution in [-0.4, -0.2) is 17.1 Å². The van der Waals surface area contributed by atoms with E-state index in [0.717, 1.165) is 5.56 Å². The van der Waals surface area contributed by atoms with E-state index >= 15 is 0 Å². The minimum atomic E-state index is -0.143. The van der Waals surface area contributed by atoms with Gasteiger partial charge in [0.15, 0.2) is 0 Å². The first-order valence-electron chi connectivity index (χ1n) is 7.13. The molecule has 2 rings (SSSR count). The number of aryl methyl sites for hydroxylation is 1. The van der Waals surface area contributed by atoms with Gasteiger partial charge >= 0.3 is 0 Å². The lowest BCUT2D eigenvalue weighted by atomic mass is 9.88. The van der Waals surface area contributed by atoms with Crippen LogP contribution in [0.1, 0.15) is 43.8 Å². The molecule has 1 unspecified atom stereocenters. The van der Waals surface area contributed by atoms with Crippen LogP contribution in [0, 0.1) is 12.3 Å². The standard InChI is InChI=1S/C17H22N2O2/c1-11-14(16(20)18-12(2)17(3,4)5)15(19-21-11)13-9-7-6-8-10-13/h6-10,12H,1-5H3,(H,18,20). The minimum Gasteiger partial charge on any atom is -0.360 e. The lowest BCUT2D eigenvalue weighted by Gasteiger charge is -2.28. The third kappa shape index (κ3) is 3.32. The molecule has 1 heterocycles. The van der Waals surface area contributed by atoms with Crippen molar-refractivity contribution in [2.45, 2.75) is 40.7 Å². The number of amides is 1. The average Bonchev–Trinajstić information content (AvgIpc) is 2.80. The van der Waals surface area contributed by atoms with Crippen LogP contribution in [0.4, 0.5) is 0 Å². The highest BCUT2D eigenvalue weighted by Crippen LogP contribution is 2.26. The second kappa shape index (κ2) is 5.72. The maximum atomic E-state index is 12.6. The normalized spacial score (nSPS) is 13.0. The first-order chi connectivity index (χ1) is 9.80. The molecule has 112 valence electrons. The first kappa shape index (κ1) is 15.3. The molecule has 0 fully saturated rings. The molecular formula is C17H22N2O2. The van der Waals surface area contributed by atoms with Gasteiger partial charge in [-0.05, 0) is 19.3 Å². The molecule has 1 aromatic heterocycles. The summed E-state index contributed by atoms with van der Waals surface area (Å²) < 4.78 is 5.23. The Hall–Kier alpha value is -2.10. The Balaban J connectivity index is 2.32. The van der Waals surface area contributed by atoms with Gasteiger partial charge in [-0.15, -0.1) is 0 Å². The van der Waals surface area contributed by atoms with Crippen LogP contribution in [0.2, 0.25) is 0 Å². The number of carbonyl (C=O) groups excluding carboxylic acids is 1. The summed E-state index contributed by atoms with van der Waals surface area (Å²) in [5.74, 6) is 0.391. The highest BCUT2D eigenvalue weighted by atomic mass is 16.5. The van der Waals surface area contributed by atoms with Gasteiger partial charge in [0.25, 0.3) is 5.91 Å². The summed E-state index contributed by atoms with van der Waals surface area (Å²) in [6.45, 7) is 10.0. The lowest BCUT2D eigenvalue weighted by Crippen LogP contribution is -2.41. The first-order valence-corrected chi connectivity index (χ1v) is 7.13. The number of hydrogen-bond acceptors (Lipinski definition) is 3. The number of rotatable bonds is 3. The van der Waals surface area contributed by atoms with Gasteiger partial charge in [-0.1, -0.05) is 56.3 Å². The lowest BCUT2D eigenvalue weighted by molar-refractivity contribution is 0.0909. The average molecular weight is 286 g/mol. The second-order valence-electron chi connectivity index (χ2n) is 6.39. The topological polar surface area (TPSA) is 55.1 Å². The molecule has 1 aromatic carbocycles. The quantitative estimate of drug-likeness (QED) is 0.933. The molecule has 4 heteroatoms. The van der Waals surface area contributed by atoms with Gasteiger partial charge in [0, 0.05) is 11.6 Å². The number of aromatic nitrogens is 1. The van der Waals surface area contributed by atoms with Gasteiger partial charge in [0.05, 0.1) is 0 Å². The van der Waals surface area contributed by atoms with Crippen molar-refractivity contribution < 1.29 is 9.32 Å². The van der Waals surface area contributed by atoms with Gasteiger partial charge in [-0.3, -0.25) is 4.79 Å². The molecule has 0 spiro atoms. The number of nitrogens with one attached hydrogen (secondary N) is 1. The van der Waals surface area contributed by atoms with E-state index in [-0.39, 0.29) is 17.4 Å². The fourth-order valence-corrected chi connectivity index (χ4v) is 1.92. The Morgan fingerprint density at radius 2 is 1.86 bits per heavy atom. The van der Waals surface area contributed by atoms with Crippen LogP contribution in [0.15, 0.2) is 34.9 Å². The van der Waals surface area contributed by atoms with Crippen molar-refractivity contribution in [1.29, 1.82) is 0 Å². The predicted octanol–water partition coefficient (Wildman–Crippen LogP) is 3.81. The molecule has 0 saturated heterocycles. The highest BCUT2D eigenvalue weighted by molar-refractivity contribution is 6.00. The summed E-state index contributed by atoms with van der Waals surface area (Å²) in [5.41, 5.74) is 1.97. The Kier molecular flexibility index (Phi) is 4.16. The molecule has 1 atom stereocenters. The molecule has 1 amide bonds. The van der Waals surface area contributed by atoms with E-state index in [1.807, 2.05) is 37.3 Å². The molecule has 1 N–H and O–H groups in total. The number of carbonyl (C=O) groups is 1. The third-order valence-corrected chi connectivity index (χ3v) is 3.78. The van der Waals surface area contributed by atoms with Crippen LogP contribution < -0.4 is 5.32 Å². The molecule has 21 heavy (non-hydrogen) atoms. The van der Waals surface area contributed by atoms with Gasteiger partial charge in [-0.2, -0.15) is 0 Å². The Morgan fingerprint density at radius 1 is 1.24 bits per heavy atom. The summed E-state index contributed by atoms with van der Waals surface area (Å²) in [6, 6.07) is 9.64. The molecule has 0 radical (unpaired) electrons. The molecule has 0 bridgehead atoms. The van der Waals surface area contributed by atoms with E-state index in [2.05, 4.69) is 31.2 Å². The Morgan fingerprint density at radius 3 is 2.43 bits per heavy atom. The SMILES string of the molecule is Cc1onc(-c2ccccc2)c1C(=O)NC(C)C(C)(C)C. The van der Waals surface area contributed by atoms with E-state index in [1.165, 1.54) is 0 Å². The Bertz CT molecular complexity index is 624. The maximum absolute atomic E-state index is 12.6. The summed E-state index contributed by atoms with van der Waals surface area (Å²) in [5, 5.41) is 7.07. The molecule has 0 saturated carbocycles. The number of hydrogen-bond donors (Lipinski definition) is 1. The summed E-state index contributed by atoms with van der Waals surface area (Å²) in [6.07, 6.45) is 0. The van der Waals surface area contributed by atoms with Crippen LogP contribution in [0.3, 0.4) is 0 Å². The van der Waals surface area contributed by atoms with E-state index in [1.54, 1.807) is 6.92 Å². The van der Waals surface area contributed by atoms with E-state index in [4.69, 9.17) is 4.52 Å². The number of nitrogens with zero attached hydrogens (tertiary/aromatic N) is 1. The number of benzene rings is 1. The molecule has 2 aromatic rings. The van der Waals surface area contributed by atoms with E-state index in [9.17, 15) is 4.79 Å². The van der Waals surface area contributed by atoms with Crippen LogP contribution in [0.25, 0.3) is 11.3 Å². The van der Waals surface area contributed by atoms with Crippen molar-refractivity contribution in [1.82, 2.24) is 10.5 Å². The van der Waals surface area contributed by atoms with Crippen molar-refractivity contribution in [2.75, 3.05) is 0 Å². The van der Waals surface area contributed by atoms with Crippen molar-refractivity contribution in [3.63, 3.8) is 0 Å². The summed E-state index contributed by atoms with van der Waals surface area (Å²) >= 11 is 0. The largest absolute Gasteiger partial charge is 0.360 e. The molecular weight excluding hydrogens is 264 g/mol. The Labute approximate surface area is 125 Å². The van der Waals surface area contributed by atoms with Crippen molar-refractivity contribution >= 4 is 5.91 Å². The third-order valence-electron chi connectivity index (χ3n) is 3.78. The van der Waals surface area contributed by atoms with Crippen molar-refractivity contribution in [3.05, 3.63) is 41.7 Å².